The molecule has 1 N–H and O–H groups in total. The van der Waals surface area contributed by atoms with Crippen molar-refractivity contribution in [3.63, 3.8) is 0 Å². The Labute approximate surface area is 106 Å². The first-order valence-corrected chi connectivity index (χ1v) is 5.90. The molecule has 1 aromatic heterocycles. The molecule has 2 aromatic carbocycles. The van der Waals surface area contributed by atoms with Gasteiger partial charge < -0.3 is 4.90 Å². The molecule has 0 amide bonds. The number of aromatic amines is 1. The fraction of sp³-hybridized carbons (Fsp3) is 0.0667. The van der Waals surface area contributed by atoms with Crippen LogP contribution in [0.15, 0.2) is 54.6 Å². The SMILES string of the molecule is CN([CH]c1ccccc1)c1n[nH]c2ccccc12. The van der Waals surface area contributed by atoms with Crippen LogP contribution in [-0.4, -0.2) is 17.2 Å². The summed E-state index contributed by atoms with van der Waals surface area (Å²) in [5, 5.41) is 8.54. The lowest BCUT2D eigenvalue weighted by Crippen LogP contribution is -2.14. The molecule has 0 fully saturated rings. The normalized spacial score (nSPS) is 10.7. The lowest BCUT2D eigenvalue weighted by Gasteiger charge is -2.15. The van der Waals surface area contributed by atoms with Crippen molar-refractivity contribution in [2.24, 2.45) is 0 Å². The Morgan fingerprint density at radius 3 is 2.56 bits per heavy atom. The van der Waals surface area contributed by atoms with Gasteiger partial charge in [0.25, 0.3) is 0 Å². The summed E-state index contributed by atoms with van der Waals surface area (Å²) in [4.78, 5) is 2.04. The number of benzene rings is 2. The highest BCUT2D eigenvalue weighted by Gasteiger charge is 2.10. The minimum Gasteiger partial charge on any atom is -0.348 e. The number of fused-ring (bicyclic) bond motifs is 1. The molecule has 0 saturated carbocycles. The lowest BCUT2D eigenvalue weighted by atomic mass is 10.2. The van der Waals surface area contributed by atoms with E-state index in [0.717, 1.165) is 22.3 Å². The van der Waals surface area contributed by atoms with E-state index < -0.39 is 0 Å². The van der Waals surface area contributed by atoms with E-state index >= 15 is 0 Å². The van der Waals surface area contributed by atoms with Gasteiger partial charge in [0.15, 0.2) is 5.82 Å². The van der Waals surface area contributed by atoms with E-state index in [4.69, 9.17) is 0 Å². The number of para-hydroxylation sites is 1. The molecule has 89 valence electrons. The van der Waals surface area contributed by atoms with Crippen LogP contribution in [0.5, 0.6) is 0 Å². The van der Waals surface area contributed by atoms with Crippen molar-refractivity contribution in [1.29, 1.82) is 0 Å². The lowest BCUT2D eigenvalue weighted by molar-refractivity contribution is 1.02. The van der Waals surface area contributed by atoms with E-state index in [1.165, 1.54) is 0 Å². The molecule has 3 rings (SSSR count). The van der Waals surface area contributed by atoms with Gasteiger partial charge in [-0.3, -0.25) is 5.10 Å². The topological polar surface area (TPSA) is 31.9 Å². The van der Waals surface area contributed by atoms with E-state index in [9.17, 15) is 0 Å². The van der Waals surface area contributed by atoms with Crippen LogP contribution in [0.4, 0.5) is 5.82 Å². The average molecular weight is 236 g/mol. The first-order chi connectivity index (χ1) is 8.84. The summed E-state index contributed by atoms with van der Waals surface area (Å²) in [6, 6.07) is 18.4. The molecule has 0 bridgehead atoms. The first kappa shape index (κ1) is 10.8. The fourth-order valence-electron chi connectivity index (χ4n) is 2.04. The minimum absolute atomic E-state index is 0.939. The predicted octanol–water partition coefficient (Wildman–Crippen LogP) is 3.21. The van der Waals surface area contributed by atoms with Crippen LogP contribution in [0.2, 0.25) is 0 Å². The summed E-state index contributed by atoms with van der Waals surface area (Å²) >= 11 is 0. The van der Waals surface area contributed by atoms with E-state index in [-0.39, 0.29) is 0 Å². The molecular formula is C15H14N3. The van der Waals surface area contributed by atoms with Crippen LogP contribution in [0, 0.1) is 6.54 Å². The number of anilines is 1. The molecule has 3 aromatic rings. The Morgan fingerprint density at radius 2 is 1.72 bits per heavy atom. The predicted molar refractivity (Wildman–Crippen MR) is 74.3 cm³/mol. The van der Waals surface area contributed by atoms with Crippen LogP contribution < -0.4 is 4.90 Å². The van der Waals surface area contributed by atoms with Gasteiger partial charge in [-0.2, -0.15) is 5.10 Å². The standard InChI is InChI=1S/C15H14N3/c1-18(11-12-7-3-2-4-8-12)15-13-9-5-6-10-14(13)16-17-15/h2-11H,1H3,(H,16,17). The third-order valence-corrected chi connectivity index (χ3v) is 2.93. The number of rotatable bonds is 3. The molecule has 0 saturated heterocycles. The molecule has 0 aliphatic carbocycles. The van der Waals surface area contributed by atoms with E-state index in [1.54, 1.807) is 0 Å². The third-order valence-electron chi connectivity index (χ3n) is 2.93. The zero-order chi connectivity index (χ0) is 12.4. The van der Waals surface area contributed by atoms with Crippen LogP contribution in [0.1, 0.15) is 5.56 Å². The number of hydrogen-bond donors (Lipinski definition) is 1. The monoisotopic (exact) mass is 236 g/mol. The third kappa shape index (κ3) is 1.95. The number of nitrogens with zero attached hydrogens (tertiary/aromatic N) is 2. The Morgan fingerprint density at radius 1 is 1.00 bits per heavy atom. The Bertz CT molecular complexity index is 643. The molecule has 1 radical (unpaired) electrons. The molecule has 1 heterocycles. The number of hydrogen-bond acceptors (Lipinski definition) is 2. The van der Waals surface area contributed by atoms with Crippen LogP contribution in [-0.2, 0) is 0 Å². The highest BCUT2D eigenvalue weighted by Crippen LogP contribution is 2.24. The number of H-pyrrole nitrogens is 1. The molecular weight excluding hydrogens is 222 g/mol. The van der Waals surface area contributed by atoms with Crippen molar-refractivity contribution < 1.29 is 0 Å². The Kier molecular flexibility index (Phi) is 2.73. The molecule has 0 spiro atoms. The van der Waals surface area contributed by atoms with Crippen molar-refractivity contribution in [2.75, 3.05) is 11.9 Å². The fourth-order valence-corrected chi connectivity index (χ4v) is 2.04. The van der Waals surface area contributed by atoms with Gasteiger partial charge in [0.1, 0.15) is 0 Å². The molecule has 0 atom stereocenters. The van der Waals surface area contributed by atoms with Gasteiger partial charge >= 0.3 is 0 Å². The van der Waals surface area contributed by atoms with Crippen LogP contribution in [0.3, 0.4) is 0 Å². The van der Waals surface area contributed by atoms with Crippen molar-refractivity contribution >= 4 is 16.7 Å². The second-order valence-electron chi connectivity index (χ2n) is 4.24. The second-order valence-corrected chi connectivity index (χ2v) is 4.24. The van der Waals surface area contributed by atoms with Crippen molar-refractivity contribution in [3.05, 3.63) is 66.7 Å². The Balaban J connectivity index is 1.90. The van der Waals surface area contributed by atoms with Crippen molar-refractivity contribution in [3.8, 4) is 0 Å². The summed E-state index contributed by atoms with van der Waals surface area (Å²) in [6.07, 6.45) is 0. The highest BCUT2D eigenvalue weighted by molar-refractivity contribution is 5.90. The summed E-state index contributed by atoms with van der Waals surface area (Å²) in [5.41, 5.74) is 2.22. The second kappa shape index (κ2) is 4.53. The van der Waals surface area contributed by atoms with E-state index in [1.807, 2.05) is 48.3 Å². The quantitative estimate of drug-likeness (QED) is 0.757. The van der Waals surface area contributed by atoms with E-state index in [2.05, 4.69) is 34.9 Å². The zero-order valence-electron chi connectivity index (χ0n) is 10.2. The number of aromatic nitrogens is 2. The minimum atomic E-state index is 0.939. The maximum atomic E-state index is 4.36. The smallest absolute Gasteiger partial charge is 0.158 e. The van der Waals surface area contributed by atoms with Gasteiger partial charge in [-0.15, -0.1) is 0 Å². The maximum Gasteiger partial charge on any atom is 0.158 e. The zero-order valence-corrected chi connectivity index (χ0v) is 10.2. The number of nitrogens with one attached hydrogen (secondary N) is 1. The maximum absolute atomic E-state index is 4.36. The average Bonchev–Trinajstić information content (AvgIpc) is 2.84. The Hall–Kier alpha value is -2.29. The molecule has 3 nitrogen and oxygen atoms in total. The summed E-state index contributed by atoms with van der Waals surface area (Å²) < 4.78 is 0. The van der Waals surface area contributed by atoms with Crippen molar-refractivity contribution in [2.45, 2.75) is 0 Å². The summed E-state index contributed by atoms with van der Waals surface area (Å²) in [6.45, 7) is 2.07. The highest BCUT2D eigenvalue weighted by atomic mass is 15.3. The van der Waals surface area contributed by atoms with Crippen LogP contribution >= 0.6 is 0 Å². The molecule has 0 aliphatic heterocycles. The van der Waals surface area contributed by atoms with Gasteiger partial charge in [0.2, 0.25) is 0 Å². The summed E-state index contributed by atoms with van der Waals surface area (Å²) in [7, 11) is 2.01. The van der Waals surface area contributed by atoms with Gasteiger partial charge in [-0.1, -0.05) is 42.5 Å². The molecule has 0 unspecified atom stereocenters. The van der Waals surface area contributed by atoms with Crippen LogP contribution in [0.25, 0.3) is 10.9 Å². The van der Waals surface area contributed by atoms with Crippen molar-refractivity contribution in [1.82, 2.24) is 10.2 Å². The van der Waals surface area contributed by atoms with Gasteiger partial charge in [-0.25, -0.2) is 0 Å². The molecule has 0 aliphatic rings. The molecule has 18 heavy (non-hydrogen) atoms. The first-order valence-electron chi connectivity index (χ1n) is 5.90. The van der Waals surface area contributed by atoms with Gasteiger partial charge in [-0.05, 0) is 17.7 Å². The van der Waals surface area contributed by atoms with Gasteiger partial charge in [0, 0.05) is 12.4 Å². The van der Waals surface area contributed by atoms with Gasteiger partial charge in [0.05, 0.1) is 12.1 Å². The largest absolute Gasteiger partial charge is 0.348 e. The van der Waals surface area contributed by atoms with E-state index in [0.29, 0.717) is 0 Å². The molecule has 3 heteroatoms. The summed E-state index contributed by atoms with van der Waals surface area (Å²) in [5.74, 6) is 0.939.